The first kappa shape index (κ1) is 23.6. The van der Waals surface area contributed by atoms with Gasteiger partial charge < -0.3 is 18.8 Å². The molecule has 1 fully saturated rings. The van der Waals surface area contributed by atoms with Crippen LogP contribution in [0.15, 0.2) is 51.7 Å². The quantitative estimate of drug-likeness (QED) is 0.489. The minimum atomic E-state index is -0.506. The van der Waals surface area contributed by atoms with Gasteiger partial charge in [-0.3, -0.25) is 14.5 Å². The van der Waals surface area contributed by atoms with Crippen LogP contribution in [0.4, 0.5) is 0 Å². The second kappa shape index (κ2) is 10.2. The number of nitrogens with zero attached hydrogens (tertiary/aromatic N) is 2. The van der Waals surface area contributed by atoms with Gasteiger partial charge in [0.1, 0.15) is 11.3 Å². The third-order valence-electron chi connectivity index (χ3n) is 6.90. The topological polar surface area (TPSA) is 72.2 Å². The lowest BCUT2D eigenvalue weighted by molar-refractivity contribution is 0.0353. The molecule has 35 heavy (non-hydrogen) atoms. The molecule has 5 rings (SSSR count). The Balaban J connectivity index is 1.55. The summed E-state index contributed by atoms with van der Waals surface area (Å²) in [5.41, 5.74) is 2.67. The molecule has 2 aliphatic heterocycles. The van der Waals surface area contributed by atoms with Crippen LogP contribution in [-0.4, -0.2) is 61.7 Å². The summed E-state index contributed by atoms with van der Waals surface area (Å²) in [6, 6.07) is 12.8. The number of carbonyl (C=O) groups excluding carboxylic acids is 1. The Bertz CT molecular complexity index is 1280. The van der Waals surface area contributed by atoms with Gasteiger partial charge in [-0.2, -0.15) is 0 Å². The van der Waals surface area contributed by atoms with Crippen molar-refractivity contribution in [1.29, 1.82) is 0 Å². The second-order valence-corrected chi connectivity index (χ2v) is 9.07. The lowest BCUT2D eigenvalue weighted by Gasteiger charge is -2.29. The van der Waals surface area contributed by atoms with Crippen LogP contribution in [0.25, 0.3) is 11.0 Å². The average molecular weight is 477 g/mol. The molecule has 1 amide bonds. The summed E-state index contributed by atoms with van der Waals surface area (Å²) in [6.07, 6.45) is 1.62. The van der Waals surface area contributed by atoms with Crippen molar-refractivity contribution in [3.8, 4) is 5.75 Å². The molecule has 2 aliphatic rings. The van der Waals surface area contributed by atoms with Crippen LogP contribution in [0.5, 0.6) is 5.75 Å². The van der Waals surface area contributed by atoms with Crippen LogP contribution in [0, 0.1) is 0 Å². The predicted octanol–water partition coefficient (Wildman–Crippen LogP) is 4.02. The number of aryl methyl sites for hydroxylation is 1. The molecular formula is C28H32N2O5. The Hall–Kier alpha value is -3.16. The first-order chi connectivity index (χ1) is 17.1. The number of amides is 1. The highest BCUT2D eigenvalue weighted by molar-refractivity contribution is 5.99. The number of ether oxygens (including phenoxy) is 2. The molecule has 1 unspecified atom stereocenters. The molecule has 1 saturated heterocycles. The van der Waals surface area contributed by atoms with E-state index in [1.165, 1.54) is 0 Å². The molecule has 7 nitrogen and oxygen atoms in total. The predicted molar refractivity (Wildman–Crippen MR) is 134 cm³/mol. The summed E-state index contributed by atoms with van der Waals surface area (Å²) in [5, 5.41) is 0.525. The maximum absolute atomic E-state index is 13.8. The van der Waals surface area contributed by atoms with E-state index >= 15 is 0 Å². The summed E-state index contributed by atoms with van der Waals surface area (Å²) in [7, 11) is 0. The normalized spacial score (nSPS) is 18.3. The smallest absolute Gasteiger partial charge is 0.290 e. The van der Waals surface area contributed by atoms with E-state index in [0.29, 0.717) is 29.7 Å². The SMILES string of the molecule is CCOc1cccc(C2c3c(oc4ccc(CC)cc4c3=O)C(=O)N2CCCN2CCOCC2)c1. The van der Waals surface area contributed by atoms with Crippen LogP contribution in [0.1, 0.15) is 53.6 Å². The van der Waals surface area contributed by atoms with Crippen molar-refractivity contribution in [2.75, 3.05) is 46.0 Å². The van der Waals surface area contributed by atoms with Gasteiger partial charge in [0.25, 0.3) is 5.91 Å². The van der Waals surface area contributed by atoms with Crippen molar-refractivity contribution < 1.29 is 18.7 Å². The molecule has 3 aromatic rings. The summed E-state index contributed by atoms with van der Waals surface area (Å²) in [6.45, 7) is 9.22. The number of carbonyl (C=O) groups is 1. The van der Waals surface area contributed by atoms with Crippen LogP contribution in [-0.2, 0) is 11.2 Å². The van der Waals surface area contributed by atoms with Crippen molar-refractivity contribution in [3.63, 3.8) is 0 Å². The fourth-order valence-electron chi connectivity index (χ4n) is 5.10. The van der Waals surface area contributed by atoms with Crippen LogP contribution < -0.4 is 10.2 Å². The molecular weight excluding hydrogens is 444 g/mol. The highest BCUT2D eigenvalue weighted by Crippen LogP contribution is 2.39. The van der Waals surface area contributed by atoms with Gasteiger partial charge in [-0.25, -0.2) is 0 Å². The van der Waals surface area contributed by atoms with Gasteiger partial charge in [0.15, 0.2) is 5.43 Å². The van der Waals surface area contributed by atoms with E-state index in [-0.39, 0.29) is 17.1 Å². The maximum Gasteiger partial charge on any atom is 0.290 e. The number of rotatable bonds is 8. The van der Waals surface area contributed by atoms with Crippen molar-refractivity contribution in [2.45, 2.75) is 32.7 Å². The lowest BCUT2D eigenvalue weighted by Crippen LogP contribution is -2.38. The summed E-state index contributed by atoms with van der Waals surface area (Å²) in [5.74, 6) is 0.648. The largest absolute Gasteiger partial charge is 0.494 e. The van der Waals surface area contributed by atoms with E-state index in [1.54, 1.807) is 11.0 Å². The van der Waals surface area contributed by atoms with Crippen molar-refractivity contribution in [1.82, 2.24) is 9.80 Å². The van der Waals surface area contributed by atoms with Gasteiger partial charge in [0, 0.05) is 26.2 Å². The zero-order valence-electron chi connectivity index (χ0n) is 20.4. The molecule has 0 spiro atoms. The Labute approximate surface area is 205 Å². The molecule has 0 saturated carbocycles. The first-order valence-electron chi connectivity index (χ1n) is 12.5. The summed E-state index contributed by atoms with van der Waals surface area (Å²) in [4.78, 5) is 31.6. The third-order valence-corrected chi connectivity index (χ3v) is 6.90. The zero-order chi connectivity index (χ0) is 24.4. The fourth-order valence-corrected chi connectivity index (χ4v) is 5.10. The molecule has 0 N–H and O–H groups in total. The van der Waals surface area contributed by atoms with E-state index in [1.807, 2.05) is 43.3 Å². The lowest BCUT2D eigenvalue weighted by atomic mass is 9.97. The number of hydrogen-bond donors (Lipinski definition) is 0. The highest BCUT2D eigenvalue weighted by atomic mass is 16.5. The molecule has 0 radical (unpaired) electrons. The van der Waals surface area contributed by atoms with E-state index in [2.05, 4.69) is 11.8 Å². The van der Waals surface area contributed by atoms with Crippen LogP contribution >= 0.6 is 0 Å². The Morgan fingerprint density at radius 2 is 1.86 bits per heavy atom. The van der Waals surface area contributed by atoms with Crippen molar-refractivity contribution in [3.05, 3.63) is 75.1 Å². The summed E-state index contributed by atoms with van der Waals surface area (Å²) < 4.78 is 17.3. The number of morpholine rings is 1. The van der Waals surface area contributed by atoms with Gasteiger partial charge in [-0.05, 0) is 55.2 Å². The van der Waals surface area contributed by atoms with E-state index in [4.69, 9.17) is 13.9 Å². The molecule has 2 aromatic carbocycles. The van der Waals surface area contributed by atoms with Crippen molar-refractivity contribution >= 4 is 16.9 Å². The molecule has 0 bridgehead atoms. The van der Waals surface area contributed by atoms with E-state index in [0.717, 1.165) is 62.6 Å². The minimum absolute atomic E-state index is 0.132. The molecule has 1 atom stereocenters. The van der Waals surface area contributed by atoms with E-state index in [9.17, 15) is 9.59 Å². The second-order valence-electron chi connectivity index (χ2n) is 9.07. The third kappa shape index (κ3) is 4.58. The highest BCUT2D eigenvalue weighted by Gasteiger charge is 2.42. The first-order valence-corrected chi connectivity index (χ1v) is 12.5. The van der Waals surface area contributed by atoms with Crippen LogP contribution in [0.2, 0.25) is 0 Å². The number of hydrogen-bond acceptors (Lipinski definition) is 6. The van der Waals surface area contributed by atoms with Gasteiger partial charge in [0.05, 0.1) is 36.8 Å². The number of benzene rings is 2. The minimum Gasteiger partial charge on any atom is -0.494 e. The van der Waals surface area contributed by atoms with Gasteiger partial charge >= 0.3 is 0 Å². The summed E-state index contributed by atoms with van der Waals surface area (Å²) >= 11 is 0. The van der Waals surface area contributed by atoms with Gasteiger partial charge in [-0.1, -0.05) is 25.1 Å². The monoisotopic (exact) mass is 476 g/mol. The molecule has 1 aromatic heterocycles. The van der Waals surface area contributed by atoms with Gasteiger partial charge in [-0.15, -0.1) is 0 Å². The maximum atomic E-state index is 13.8. The van der Waals surface area contributed by atoms with Crippen molar-refractivity contribution in [2.24, 2.45) is 0 Å². The Kier molecular flexibility index (Phi) is 6.88. The van der Waals surface area contributed by atoms with Gasteiger partial charge in [0.2, 0.25) is 5.76 Å². The molecule has 184 valence electrons. The Morgan fingerprint density at radius 3 is 2.63 bits per heavy atom. The average Bonchev–Trinajstić information content (AvgIpc) is 3.17. The Morgan fingerprint density at radius 1 is 1.03 bits per heavy atom. The number of fused-ring (bicyclic) bond motifs is 2. The standard InChI is InChI=1S/C28H32N2O5/c1-3-19-9-10-23-22(17-19)26(31)24-25(20-7-5-8-21(18-20)34-4-2)30(28(32)27(24)35-23)12-6-11-29-13-15-33-16-14-29/h5,7-10,17-18,25H,3-4,6,11-16H2,1-2H3. The van der Waals surface area contributed by atoms with Crippen LogP contribution in [0.3, 0.4) is 0 Å². The van der Waals surface area contributed by atoms with E-state index < -0.39 is 6.04 Å². The molecule has 3 heterocycles. The zero-order valence-corrected chi connectivity index (χ0v) is 20.4. The molecule has 7 heteroatoms. The molecule has 0 aliphatic carbocycles. The fraction of sp³-hybridized carbons (Fsp3) is 0.429.